The lowest BCUT2D eigenvalue weighted by molar-refractivity contribution is -0.151. The number of carbonyl (C=O) groups excluding carboxylic acids is 2. The number of aliphatic hydroxyl groups is 1. The molecule has 0 fully saturated rings. The first-order valence-corrected chi connectivity index (χ1v) is 5.04. The number of ketones is 1. The summed E-state index contributed by atoms with van der Waals surface area (Å²) in [6.07, 6.45) is 2.35. The van der Waals surface area contributed by atoms with Crippen molar-refractivity contribution in [2.75, 3.05) is 6.61 Å². The van der Waals surface area contributed by atoms with Crippen LogP contribution in [0.15, 0.2) is 11.8 Å². The van der Waals surface area contributed by atoms with Crippen molar-refractivity contribution in [2.24, 2.45) is 5.92 Å². The van der Waals surface area contributed by atoms with Crippen LogP contribution >= 0.6 is 0 Å². The minimum atomic E-state index is -0.858. The summed E-state index contributed by atoms with van der Waals surface area (Å²) in [5, 5.41) is 8.61. The van der Waals surface area contributed by atoms with Gasteiger partial charge in [-0.25, -0.2) is 4.79 Å². The highest BCUT2D eigenvalue weighted by Crippen LogP contribution is 2.05. The summed E-state index contributed by atoms with van der Waals surface area (Å²) in [6.45, 7) is 5.23. The Balaban J connectivity index is 4.16. The number of allylic oxidation sites excluding steroid dienone is 1. The Morgan fingerprint density at radius 2 is 2.07 bits per heavy atom. The highest BCUT2D eigenvalue weighted by Gasteiger charge is 2.21. The highest BCUT2D eigenvalue weighted by atomic mass is 16.5. The average Bonchev–Trinajstić information content (AvgIpc) is 2.24. The summed E-state index contributed by atoms with van der Waals surface area (Å²) >= 11 is 0. The Kier molecular flexibility index (Phi) is 6.62. The second-order valence-electron chi connectivity index (χ2n) is 3.50. The quantitative estimate of drug-likeness (QED) is 0.412. The summed E-state index contributed by atoms with van der Waals surface area (Å²) in [7, 11) is 0. The van der Waals surface area contributed by atoms with Crippen LogP contribution in [0.4, 0.5) is 0 Å². The monoisotopic (exact) mass is 214 g/mol. The Morgan fingerprint density at radius 3 is 2.53 bits per heavy atom. The van der Waals surface area contributed by atoms with Crippen LogP contribution in [0.1, 0.15) is 33.6 Å². The number of esters is 1. The van der Waals surface area contributed by atoms with E-state index in [1.165, 1.54) is 6.26 Å². The Morgan fingerprint density at radius 1 is 1.47 bits per heavy atom. The SMILES string of the molecule is CCC(C)=COC(=O)C(=O)C(C)CCO. The van der Waals surface area contributed by atoms with Gasteiger partial charge in [-0.15, -0.1) is 0 Å². The smallest absolute Gasteiger partial charge is 0.379 e. The molecule has 0 bridgehead atoms. The van der Waals surface area contributed by atoms with E-state index >= 15 is 0 Å². The van der Waals surface area contributed by atoms with E-state index in [2.05, 4.69) is 0 Å². The Hall–Kier alpha value is -1.16. The van der Waals surface area contributed by atoms with E-state index in [-0.39, 0.29) is 13.0 Å². The van der Waals surface area contributed by atoms with E-state index < -0.39 is 17.7 Å². The van der Waals surface area contributed by atoms with Crippen LogP contribution in [0.2, 0.25) is 0 Å². The minimum absolute atomic E-state index is 0.107. The summed E-state index contributed by atoms with van der Waals surface area (Å²) in [6, 6.07) is 0. The van der Waals surface area contributed by atoms with E-state index in [1.54, 1.807) is 6.92 Å². The van der Waals surface area contributed by atoms with E-state index in [0.717, 1.165) is 12.0 Å². The predicted octanol–water partition coefficient (Wildman–Crippen LogP) is 1.43. The van der Waals surface area contributed by atoms with Gasteiger partial charge in [0.05, 0.1) is 6.26 Å². The third-order valence-corrected chi connectivity index (χ3v) is 2.14. The fraction of sp³-hybridized carbons (Fsp3) is 0.636. The second-order valence-corrected chi connectivity index (χ2v) is 3.50. The maximum Gasteiger partial charge on any atom is 0.379 e. The van der Waals surface area contributed by atoms with Gasteiger partial charge in [-0.05, 0) is 25.3 Å². The molecule has 0 saturated heterocycles. The topological polar surface area (TPSA) is 63.6 Å². The van der Waals surface area contributed by atoms with Gasteiger partial charge in [-0.3, -0.25) is 4.79 Å². The van der Waals surface area contributed by atoms with Gasteiger partial charge in [-0.1, -0.05) is 13.8 Å². The molecule has 0 amide bonds. The predicted molar refractivity (Wildman–Crippen MR) is 56.0 cm³/mol. The number of hydrogen-bond donors (Lipinski definition) is 1. The van der Waals surface area contributed by atoms with Crippen LogP contribution in [-0.2, 0) is 14.3 Å². The van der Waals surface area contributed by atoms with Crippen molar-refractivity contribution >= 4 is 11.8 Å². The molecule has 4 nitrogen and oxygen atoms in total. The van der Waals surface area contributed by atoms with Crippen LogP contribution in [-0.4, -0.2) is 23.5 Å². The van der Waals surface area contributed by atoms with E-state index in [0.29, 0.717) is 0 Å². The van der Waals surface area contributed by atoms with Crippen molar-refractivity contribution in [3.05, 3.63) is 11.8 Å². The Labute approximate surface area is 89.9 Å². The van der Waals surface area contributed by atoms with Crippen molar-refractivity contribution in [3.8, 4) is 0 Å². The standard InChI is InChI=1S/C11H18O4/c1-4-8(2)7-15-11(14)10(13)9(3)5-6-12/h7,9,12H,4-6H2,1-3H3. The molecule has 0 aliphatic rings. The van der Waals surface area contributed by atoms with Gasteiger partial charge in [0.2, 0.25) is 5.78 Å². The number of rotatable bonds is 6. The third-order valence-electron chi connectivity index (χ3n) is 2.14. The molecule has 0 radical (unpaired) electrons. The van der Waals surface area contributed by atoms with Gasteiger partial charge in [0.1, 0.15) is 0 Å². The van der Waals surface area contributed by atoms with Gasteiger partial charge >= 0.3 is 5.97 Å². The maximum absolute atomic E-state index is 11.3. The van der Waals surface area contributed by atoms with Crippen LogP contribution in [0.25, 0.3) is 0 Å². The second kappa shape index (κ2) is 7.17. The van der Waals surface area contributed by atoms with Crippen molar-refractivity contribution in [1.82, 2.24) is 0 Å². The molecule has 86 valence electrons. The molecule has 0 aromatic heterocycles. The van der Waals surface area contributed by atoms with Gasteiger partial charge in [0.15, 0.2) is 0 Å². The molecule has 1 N–H and O–H groups in total. The summed E-state index contributed by atoms with van der Waals surface area (Å²) < 4.78 is 4.69. The first-order valence-electron chi connectivity index (χ1n) is 5.04. The van der Waals surface area contributed by atoms with Crippen molar-refractivity contribution in [1.29, 1.82) is 0 Å². The summed E-state index contributed by atoms with van der Waals surface area (Å²) in [5.74, 6) is -1.94. The summed E-state index contributed by atoms with van der Waals surface area (Å²) in [4.78, 5) is 22.5. The fourth-order valence-corrected chi connectivity index (χ4v) is 0.821. The lowest BCUT2D eigenvalue weighted by atomic mass is 10.0. The van der Waals surface area contributed by atoms with Crippen LogP contribution < -0.4 is 0 Å². The molecule has 0 spiro atoms. The lowest BCUT2D eigenvalue weighted by Crippen LogP contribution is -2.23. The fourth-order valence-electron chi connectivity index (χ4n) is 0.821. The van der Waals surface area contributed by atoms with Crippen molar-refractivity contribution < 1.29 is 19.4 Å². The van der Waals surface area contributed by atoms with E-state index in [4.69, 9.17) is 9.84 Å². The molecule has 1 atom stereocenters. The molecule has 4 heteroatoms. The molecule has 0 saturated carbocycles. The number of Topliss-reactive ketones (excluding diaryl/α,β-unsaturated/α-hetero) is 1. The van der Waals surface area contributed by atoms with Crippen molar-refractivity contribution in [3.63, 3.8) is 0 Å². The highest BCUT2D eigenvalue weighted by molar-refractivity contribution is 6.34. The first kappa shape index (κ1) is 13.8. The van der Waals surface area contributed by atoms with Crippen LogP contribution in [0.5, 0.6) is 0 Å². The number of aliphatic hydroxyl groups excluding tert-OH is 1. The summed E-state index contributed by atoms with van der Waals surface area (Å²) in [5.41, 5.74) is 0.894. The van der Waals surface area contributed by atoms with Crippen LogP contribution in [0, 0.1) is 5.92 Å². The zero-order valence-electron chi connectivity index (χ0n) is 9.45. The molecule has 0 heterocycles. The Bertz CT molecular complexity index is 255. The molecule has 0 aromatic carbocycles. The zero-order chi connectivity index (χ0) is 11.8. The number of hydrogen-bond acceptors (Lipinski definition) is 4. The van der Waals surface area contributed by atoms with Gasteiger partial charge in [-0.2, -0.15) is 0 Å². The molecule has 15 heavy (non-hydrogen) atoms. The molecular weight excluding hydrogens is 196 g/mol. The molecular formula is C11H18O4. The van der Waals surface area contributed by atoms with E-state index in [9.17, 15) is 9.59 Å². The van der Waals surface area contributed by atoms with Gasteiger partial charge < -0.3 is 9.84 Å². The van der Waals surface area contributed by atoms with Gasteiger partial charge in [0.25, 0.3) is 0 Å². The minimum Gasteiger partial charge on any atom is -0.429 e. The van der Waals surface area contributed by atoms with E-state index in [1.807, 2.05) is 13.8 Å². The molecule has 1 unspecified atom stereocenters. The average molecular weight is 214 g/mol. The number of carbonyl (C=O) groups is 2. The lowest BCUT2D eigenvalue weighted by Gasteiger charge is -2.06. The molecule has 0 rings (SSSR count). The normalized spacial score (nSPS) is 13.5. The first-order chi connectivity index (χ1) is 7.02. The maximum atomic E-state index is 11.3. The third kappa shape index (κ3) is 5.32. The molecule has 0 aromatic rings. The van der Waals surface area contributed by atoms with Crippen LogP contribution in [0.3, 0.4) is 0 Å². The molecule has 0 aliphatic carbocycles. The van der Waals surface area contributed by atoms with Gasteiger partial charge in [0, 0.05) is 12.5 Å². The molecule has 0 aliphatic heterocycles. The zero-order valence-corrected chi connectivity index (χ0v) is 9.45. The number of ether oxygens (including phenoxy) is 1. The largest absolute Gasteiger partial charge is 0.429 e. The van der Waals surface area contributed by atoms with Crippen molar-refractivity contribution in [2.45, 2.75) is 33.6 Å².